The van der Waals surface area contributed by atoms with Crippen molar-refractivity contribution in [1.29, 1.82) is 0 Å². The fourth-order valence-electron chi connectivity index (χ4n) is 3.13. The fourth-order valence-corrected chi connectivity index (χ4v) is 3.26. The number of halogens is 1. The molecule has 5 heteroatoms. The Labute approximate surface area is 151 Å². The van der Waals surface area contributed by atoms with Gasteiger partial charge in [-0.25, -0.2) is 0 Å². The van der Waals surface area contributed by atoms with Crippen molar-refractivity contribution in [3.63, 3.8) is 0 Å². The standard InChI is InChI=1S/C20H18ClNO3/c1-13(23)17-18(15-7-9-16(21)10-8-15)22(20(25)19(17)24)12-11-14-5-3-2-4-6-14/h2-10,18,24H,11-12H2,1H3/t18-/m0/s1. The van der Waals surface area contributed by atoms with Crippen molar-refractivity contribution >= 4 is 23.3 Å². The van der Waals surface area contributed by atoms with Crippen molar-refractivity contribution in [2.75, 3.05) is 6.54 Å². The molecule has 0 unspecified atom stereocenters. The number of aliphatic hydroxyl groups excluding tert-OH is 1. The third-order valence-corrected chi connectivity index (χ3v) is 4.60. The summed E-state index contributed by atoms with van der Waals surface area (Å²) < 4.78 is 0. The predicted molar refractivity (Wildman–Crippen MR) is 96.4 cm³/mol. The van der Waals surface area contributed by atoms with Gasteiger partial charge in [-0.1, -0.05) is 54.1 Å². The van der Waals surface area contributed by atoms with E-state index in [0.717, 1.165) is 11.1 Å². The predicted octanol–water partition coefficient (Wildman–Crippen LogP) is 3.87. The lowest BCUT2D eigenvalue weighted by atomic mass is 9.96. The Morgan fingerprint density at radius 3 is 2.36 bits per heavy atom. The van der Waals surface area contributed by atoms with Crippen LogP contribution in [0.4, 0.5) is 0 Å². The van der Waals surface area contributed by atoms with Gasteiger partial charge in [0.15, 0.2) is 11.5 Å². The Morgan fingerprint density at radius 1 is 1.12 bits per heavy atom. The Kier molecular flexibility index (Phi) is 4.91. The average molecular weight is 356 g/mol. The molecule has 4 nitrogen and oxygen atoms in total. The minimum atomic E-state index is -0.592. The number of amides is 1. The molecule has 0 fully saturated rings. The highest BCUT2D eigenvalue weighted by Crippen LogP contribution is 2.38. The van der Waals surface area contributed by atoms with Crippen molar-refractivity contribution in [3.8, 4) is 0 Å². The van der Waals surface area contributed by atoms with E-state index in [1.807, 2.05) is 30.3 Å². The molecule has 0 spiro atoms. The number of carbonyl (C=O) groups is 2. The summed E-state index contributed by atoms with van der Waals surface area (Å²) in [6.45, 7) is 1.76. The van der Waals surface area contributed by atoms with E-state index < -0.39 is 17.7 Å². The molecule has 128 valence electrons. The van der Waals surface area contributed by atoms with Crippen LogP contribution in [0.1, 0.15) is 24.1 Å². The lowest BCUT2D eigenvalue weighted by Gasteiger charge is -2.26. The Hall–Kier alpha value is -2.59. The zero-order chi connectivity index (χ0) is 18.0. The smallest absolute Gasteiger partial charge is 0.290 e. The summed E-state index contributed by atoms with van der Waals surface area (Å²) in [5.74, 6) is -1.28. The van der Waals surface area contributed by atoms with E-state index in [0.29, 0.717) is 18.0 Å². The van der Waals surface area contributed by atoms with Gasteiger partial charge in [0.05, 0.1) is 11.6 Å². The third kappa shape index (κ3) is 3.44. The number of benzene rings is 2. The van der Waals surface area contributed by atoms with Crippen LogP contribution >= 0.6 is 11.6 Å². The van der Waals surface area contributed by atoms with E-state index in [4.69, 9.17) is 11.6 Å². The van der Waals surface area contributed by atoms with Crippen LogP contribution in [0, 0.1) is 0 Å². The molecule has 1 aliphatic rings. The topological polar surface area (TPSA) is 57.6 Å². The minimum absolute atomic E-state index is 0.139. The normalized spacial score (nSPS) is 17.3. The van der Waals surface area contributed by atoms with E-state index in [-0.39, 0.29) is 11.4 Å². The number of Topliss-reactive ketones (excluding diaryl/α,β-unsaturated/α-hetero) is 1. The van der Waals surface area contributed by atoms with Crippen LogP contribution in [0.2, 0.25) is 5.02 Å². The van der Waals surface area contributed by atoms with E-state index in [1.165, 1.54) is 6.92 Å². The van der Waals surface area contributed by atoms with E-state index >= 15 is 0 Å². The van der Waals surface area contributed by atoms with Crippen LogP contribution in [0.15, 0.2) is 65.9 Å². The van der Waals surface area contributed by atoms with Crippen molar-refractivity contribution in [1.82, 2.24) is 4.90 Å². The quantitative estimate of drug-likeness (QED) is 0.885. The number of ketones is 1. The van der Waals surface area contributed by atoms with Crippen molar-refractivity contribution in [2.45, 2.75) is 19.4 Å². The summed E-state index contributed by atoms with van der Waals surface area (Å²) in [6.07, 6.45) is 0.634. The number of carbonyl (C=O) groups excluding carboxylic acids is 2. The second-order valence-electron chi connectivity index (χ2n) is 6.01. The van der Waals surface area contributed by atoms with Gasteiger partial charge in [-0.05, 0) is 36.6 Å². The second-order valence-corrected chi connectivity index (χ2v) is 6.44. The van der Waals surface area contributed by atoms with Gasteiger partial charge in [0, 0.05) is 11.6 Å². The highest BCUT2D eigenvalue weighted by atomic mass is 35.5. The maximum atomic E-state index is 12.5. The van der Waals surface area contributed by atoms with Gasteiger partial charge >= 0.3 is 0 Å². The maximum Gasteiger partial charge on any atom is 0.290 e. The van der Waals surface area contributed by atoms with Crippen LogP contribution in [0.25, 0.3) is 0 Å². The summed E-state index contributed by atoms with van der Waals surface area (Å²) in [5, 5.41) is 10.8. The molecule has 2 aromatic carbocycles. The Bertz CT molecular complexity index is 828. The van der Waals surface area contributed by atoms with E-state index in [1.54, 1.807) is 29.2 Å². The molecule has 0 aliphatic carbocycles. The highest BCUT2D eigenvalue weighted by Gasteiger charge is 2.41. The van der Waals surface area contributed by atoms with Crippen LogP contribution in [0.3, 0.4) is 0 Å². The molecule has 0 radical (unpaired) electrons. The third-order valence-electron chi connectivity index (χ3n) is 4.35. The number of rotatable bonds is 5. The zero-order valence-corrected chi connectivity index (χ0v) is 14.5. The first-order valence-corrected chi connectivity index (χ1v) is 8.41. The van der Waals surface area contributed by atoms with E-state index in [2.05, 4.69) is 0 Å². The molecule has 0 aromatic heterocycles. The van der Waals surface area contributed by atoms with Gasteiger partial charge in [-0.2, -0.15) is 0 Å². The molecule has 3 rings (SSSR count). The van der Waals surface area contributed by atoms with Crippen molar-refractivity contribution in [3.05, 3.63) is 82.1 Å². The maximum absolute atomic E-state index is 12.5. The molecule has 2 aromatic rings. The van der Waals surface area contributed by atoms with Crippen molar-refractivity contribution < 1.29 is 14.7 Å². The molecule has 1 amide bonds. The second kappa shape index (κ2) is 7.11. The zero-order valence-electron chi connectivity index (χ0n) is 13.8. The first kappa shape index (κ1) is 17.2. The Balaban J connectivity index is 1.93. The molecular weight excluding hydrogens is 338 g/mol. The molecule has 1 atom stereocenters. The lowest BCUT2D eigenvalue weighted by Crippen LogP contribution is -2.32. The van der Waals surface area contributed by atoms with Crippen LogP contribution in [-0.4, -0.2) is 28.2 Å². The van der Waals surface area contributed by atoms with Crippen molar-refractivity contribution in [2.24, 2.45) is 0 Å². The molecule has 0 saturated heterocycles. The molecule has 25 heavy (non-hydrogen) atoms. The fraction of sp³-hybridized carbons (Fsp3) is 0.200. The number of nitrogens with zero attached hydrogens (tertiary/aromatic N) is 1. The minimum Gasteiger partial charge on any atom is -0.503 e. The van der Waals surface area contributed by atoms with Gasteiger partial charge in [-0.15, -0.1) is 0 Å². The van der Waals surface area contributed by atoms with Gasteiger partial charge in [0.2, 0.25) is 0 Å². The molecule has 0 bridgehead atoms. The highest BCUT2D eigenvalue weighted by molar-refractivity contribution is 6.30. The summed E-state index contributed by atoms with van der Waals surface area (Å²) in [5.41, 5.74) is 1.97. The summed E-state index contributed by atoms with van der Waals surface area (Å²) >= 11 is 5.94. The number of hydrogen-bond acceptors (Lipinski definition) is 3. The number of aliphatic hydroxyl groups is 1. The molecule has 1 heterocycles. The molecular formula is C20H18ClNO3. The average Bonchev–Trinajstić information content (AvgIpc) is 2.86. The number of hydrogen-bond donors (Lipinski definition) is 1. The summed E-state index contributed by atoms with van der Waals surface area (Å²) in [7, 11) is 0. The summed E-state index contributed by atoms with van der Waals surface area (Å²) in [4.78, 5) is 26.1. The van der Waals surface area contributed by atoms with Crippen LogP contribution in [0.5, 0.6) is 0 Å². The monoisotopic (exact) mass is 355 g/mol. The largest absolute Gasteiger partial charge is 0.503 e. The SMILES string of the molecule is CC(=O)C1=C(O)C(=O)N(CCc2ccccc2)[C@H]1c1ccc(Cl)cc1. The lowest BCUT2D eigenvalue weighted by molar-refractivity contribution is -0.129. The van der Waals surface area contributed by atoms with Gasteiger partial charge in [0.25, 0.3) is 5.91 Å². The van der Waals surface area contributed by atoms with Crippen LogP contribution in [-0.2, 0) is 16.0 Å². The van der Waals surface area contributed by atoms with Gasteiger partial charge < -0.3 is 10.0 Å². The van der Waals surface area contributed by atoms with Gasteiger partial charge in [-0.3, -0.25) is 9.59 Å². The molecule has 1 N–H and O–H groups in total. The van der Waals surface area contributed by atoms with Gasteiger partial charge in [0.1, 0.15) is 0 Å². The van der Waals surface area contributed by atoms with E-state index in [9.17, 15) is 14.7 Å². The first-order chi connectivity index (χ1) is 12.0. The first-order valence-electron chi connectivity index (χ1n) is 8.03. The van der Waals surface area contributed by atoms with Crippen LogP contribution < -0.4 is 0 Å². The summed E-state index contributed by atoms with van der Waals surface area (Å²) in [6, 6.07) is 16.2. The molecule has 1 aliphatic heterocycles. The molecule has 0 saturated carbocycles. The Morgan fingerprint density at radius 2 is 1.76 bits per heavy atom.